The van der Waals surface area contributed by atoms with E-state index in [1.807, 2.05) is 6.92 Å². The van der Waals surface area contributed by atoms with Gasteiger partial charge in [0, 0.05) is 5.92 Å². The summed E-state index contributed by atoms with van der Waals surface area (Å²) in [5, 5.41) is 0. The molecule has 1 aromatic carbocycles. The molecule has 0 atom stereocenters. The van der Waals surface area contributed by atoms with Crippen LogP contribution in [0.15, 0.2) is 12.1 Å². The number of hydrogen-bond donors (Lipinski definition) is 0. The van der Waals surface area contributed by atoms with Gasteiger partial charge in [-0.05, 0) is 74.3 Å². The SMILES string of the molecule is CCCCC[C@H]1CC[C@H](C2CCC(C#Cc3ccc(CC)c(F)c3F)CC2)CC1. The molecule has 0 saturated heterocycles. The van der Waals surface area contributed by atoms with Gasteiger partial charge in [-0.1, -0.05) is 70.3 Å². The fraction of sp³-hybridized carbons (Fsp3) is 0.704. The number of halogens is 2. The molecular weight excluding hydrogens is 362 g/mol. The fourth-order valence-corrected chi connectivity index (χ4v) is 5.51. The third-order valence-electron chi connectivity index (χ3n) is 7.50. The van der Waals surface area contributed by atoms with Crippen LogP contribution in [0.25, 0.3) is 0 Å². The van der Waals surface area contributed by atoms with E-state index in [1.54, 1.807) is 12.1 Å². The van der Waals surface area contributed by atoms with Crippen LogP contribution in [-0.2, 0) is 6.42 Å². The summed E-state index contributed by atoms with van der Waals surface area (Å²) in [6.45, 7) is 4.12. The van der Waals surface area contributed by atoms with Gasteiger partial charge < -0.3 is 0 Å². The van der Waals surface area contributed by atoms with E-state index in [0.717, 1.165) is 30.6 Å². The van der Waals surface area contributed by atoms with E-state index >= 15 is 0 Å². The van der Waals surface area contributed by atoms with Crippen molar-refractivity contribution in [2.24, 2.45) is 23.7 Å². The van der Waals surface area contributed by atoms with Crippen molar-refractivity contribution in [2.75, 3.05) is 0 Å². The molecule has 0 N–H and O–H groups in total. The highest BCUT2D eigenvalue weighted by Gasteiger charge is 2.30. The lowest BCUT2D eigenvalue weighted by Crippen LogP contribution is -2.25. The van der Waals surface area contributed by atoms with Crippen LogP contribution in [0.3, 0.4) is 0 Å². The Balaban J connectivity index is 1.45. The van der Waals surface area contributed by atoms with Crippen LogP contribution < -0.4 is 0 Å². The second-order valence-corrected chi connectivity index (χ2v) is 9.41. The lowest BCUT2D eigenvalue weighted by atomic mass is 9.69. The first-order valence-corrected chi connectivity index (χ1v) is 12.1. The molecule has 2 heteroatoms. The highest BCUT2D eigenvalue weighted by Crippen LogP contribution is 2.42. The summed E-state index contributed by atoms with van der Waals surface area (Å²) in [5.41, 5.74) is 0.636. The molecule has 2 aliphatic rings. The zero-order valence-corrected chi connectivity index (χ0v) is 18.4. The molecule has 2 saturated carbocycles. The molecule has 0 aromatic heterocycles. The summed E-state index contributed by atoms with van der Waals surface area (Å²) in [6, 6.07) is 3.30. The standard InChI is InChI=1S/C27H38F2/c1-3-5-6-7-20-8-13-23(14-9-20)24-15-10-21(11-16-24)12-17-25-19-18-22(4-2)26(28)27(25)29/h18-21,23-24H,3-11,13-16H2,1-2H3/t20-,21?,23-,24?. The van der Waals surface area contributed by atoms with Crippen LogP contribution in [-0.4, -0.2) is 0 Å². The molecule has 1 aromatic rings. The number of benzene rings is 1. The fourth-order valence-electron chi connectivity index (χ4n) is 5.51. The first-order chi connectivity index (χ1) is 14.1. The van der Waals surface area contributed by atoms with E-state index in [-0.39, 0.29) is 5.56 Å². The minimum absolute atomic E-state index is 0.211. The van der Waals surface area contributed by atoms with Crippen LogP contribution in [0.2, 0.25) is 0 Å². The van der Waals surface area contributed by atoms with Crippen LogP contribution in [0.5, 0.6) is 0 Å². The number of rotatable bonds is 6. The smallest absolute Gasteiger partial charge is 0.174 e. The Morgan fingerprint density at radius 1 is 0.828 bits per heavy atom. The van der Waals surface area contributed by atoms with E-state index in [0.29, 0.717) is 17.9 Å². The summed E-state index contributed by atoms with van der Waals surface area (Å²) >= 11 is 0. The Morgan fingerprint density at radius 2 is 1.48 bits per heavy atom. The minimum atomic E-state index is -0.777. The molecular formula is C27H38F2. The maximum atomic E-state index is 14.2. The van der Waals surface area contributed by atoms with Crippen molar-refractivity contribution >= 4 is 0 Å². The molecule has 0 bridgehead atoms. The Kier molecular flexibility index (Phi) is 8.58. The largest absolute Gasteiger partial charge is 0.203 e. The lowest BCUT2D eigenvalue weighted by molar-refractivity contribution is 0.153. The van der Waals surface area contributed by atoms with Crippen molar-refractivity contribution in [3.05, 3.63) is 34.9 Å². The Bertz CT molecular complexity index is 695. The molecule has 0 aliphatic heterocycles. The second kappa shape index (κ2) is 11.1. The zero-order valence-electron chi connectivity index (χ0n) is 18.4. The minimum Gasteiger partial charge on any atom is -0.203 e. The summed E-state index contributed by atoms with van der Waals surface area (Å²) in [5.74, 6) is 7.77. The van der Waals surface area contributed by atoms with Gasteiger partial charge in [0.1, 0.15) is 0 Å². The number of hydrogen-bond acceptors (Lipinski definition) is 0. The van der Waals surface area contributed by atoms with Crippen LogP contribution in [0.1, 0.15) is 102 Å². The number of unbranched alkanes of at least 4 members (excludes halogenated alkanes) is 2. The molecule has 2 fully saturated rings. The van der Waals surface area contributed by atoms with Crippen LogP contribution >= 0.6 is 0 Å². The van der Waals surface area contributed by atoms with Gasteiger partial charge in [0.2, 0.25) is 0 Å². The van der Waals surface area contributed by atoms with Crippen molar-refractivity contribution in [1.82, 2.24) is 0 Å². The van der Waals surface area contributed by atoms with E-state index < -0.39 is 11.6 Å². The topological polar surface area (TPSA) is 0 Å². The van der Waals surface area contributed by atoms with E-state index in [4.69, 9.17) is 0 Å². The van der Waals surface area contributed by atoms with Crippen LogP contribution in [0, 0.1) is 47.1 Å². The normalized spacial score (nSPS) is 27.3. The first-order valence-electron chi connectivity index (χ1n) is 12.1. The summed E-state index contributed by atoms with van der Waals surface area (Å²) < 4.78 is 28.1. The van der Waals surface area contributed by atoms with Gasteiger partial charge in [0.05, 0.1) is 5.56 Å². The van der Waals surface area contributed by atoms with Gasteiger partial charge in [-0.3, -0.25) is 0 Å². The zero-order chi connectivity index (χ0) is 20.6. The summed E-state index contributed by atoms with van der Waals surface area (Å²) in [4.78, 5) is 0. The predicted molar refractivity (Wildman–Crippen MR) is 118 cm³/mol. The molecule has 0 amide bonds. The summed E-state index contributed by atoms with van der Waals surface area (Å²) in [7, 11) is 0. The van der Waals surface area contributed by atoms with Crippen molar-refractivity contribution in [2.45, 2.75) is 97.3 Å². The van der Waals surface area contributed by atoms with Crippen molar-refractivity contribution in [1.29, 1.82) is 0 Å². The predicted octanol–water partition coefficient (Wildman–Crippen LogP) is 8.07. The van der Waals surface area contributed by atoms with Crippen LogP contribution in [0.4, 0.5) is 8.78 Å². The molecule has 160 valence electrons. The average Bonchev–Trinajstić information content (AvgIpc) is 2.76. The van der Waals surface area contributed by atoms with Gasteiger partial charge in [-0.25, -0.2) is 8.78 Å². The Labute approximate surface area is 176 Å². The molecule has 3 rings (SSSR count). The maximum Gasteiger partial charge on any atom is 0.174 e. The third kappa shape index (κ3) is 6.07. The van der Waals surface area contributed by atoms with E-state index in [9.17, 15) is 8.78 Å². The van der Waals surface area contributed by atoms with E-state index in [2.05, 4.69) is 18.8 Å². The second-order valence-electron chi connectivity index (χ2n) is 9.41. The van der Waals surface area contributed by atoms with Gasteiger partial charge in [-0.15, -0.1) is 0 Å². The average molecular weight is 401 g/mol. The van der Waals surface area contributed by atoms with Gasteiger partial charge >= 0.3 is 0 Å². The Morgan fingerprint density at radius 3 is 2.10 bits per heavy atom. The Hall–Kier alpha value is -1.36. The third-order valence-corrected chi connectivity index (χ3v) is 7.50. The monoisotopic (exact) mass is 400 g/mol. The van der Waals surface area contributed by atoms with Gasteiger partial charge in [-0.2, -0.15) is 0 Å². The molecule has 0 spiro atoms. The first kappa shape index (κ1) is 22.3. The van der Waals surface area contributed by atoms with Crippen molar-refractivity contribution < 1.29 is 8.78 Å². The quantitative estimate of drug-likeness (QED) is 0.334. The number of aryl methyl sites for hydroxylation is 1. The van der Waals surface area contributed by atoms with Gasteiger partial charge in [0.15, 0.2) is 11.6 Å². The van der Waals surface area contributed by atoms with Crippen molar-refractivity contribution in [3.8, 4) is 11.8 Å². The highest BCUT2D eigenvalue weighted by molar-refractivity contribution is 5.39. The molecule has 2 aliphatic carbocycles. The molecule has 0 heterocycles. The molecule has 0 unspecified atom stereocenters. The molecule has 0 nitrogen and oxygen atoms in total. The van der Waals surface area contributed by atoms with E-state index in [1.165, 1.54) is 64.2 Å². The highest BCUT2D eigenvalue weighted by atomic mass is 19.2. The molecule has 29 heavy (non-hydrogen) atoms. The van der Waals surface area contributed by atoms with Crippen molar-refractivity contribution in [3.63, 3.8) is 0 Å². The maximum absolute atomic E-state index is 14.2. The van der Waals surface area contributed by atoms with Gasteiger partial charge in [0.25, 0.3) is 0 Å². The lowest BCUT2D eigenvalue weighted by Gasteiger charge is -2.37. The molecule has 0 radical (unpaired) electrons. The summed E-state index contributed by atoms with van der Waals surface area (Å²) in [6.07, 6.45) is 16.6.